The summed E-state index contributed by atoms with van der Waals surface area (Å²) in [4.78, 5) is 12.2. The van der Waals surface area contributed by atoms with Crippen LogP contribution in [0.1, 0.15) is 23.1 Å². The number of benzene rings is 2. The van der Waals surface area contributed by atoms with E-state index in [9.17, 15) is 4.79 Å². The Morgan fingerprint density at radius 2 is 2.00 bits per heavy atom. The second kappa shape index (κ2) is 9.03. The maximum Gasteiger partial charge on any atom is 0.277 e. The zero-order valence-corrected chi connectivity index (χ0v) is 16.4. The molecule has 0 aliphatic rings. The summed E-state index contributed by atoms with van der Waals surface area (Å²) in [5, 5.41) is 11.8. The number of aromatic nitrogens is 2. The van der Waals surface area contributed by atoms with E-state index in [0.29, 0.717) is 28.2 Å². The maximum atomic E-state index is 12.2. The fraction of sp³-hybridized carbons (Fsp3) is 0.211. The lowest BCUT2D eigenvalue weighted by atomic mass is 10.1. The van der Waals surface area contributed by atoms with E-state index in [1.54, 1.807) is 12.1 Å². The van der Waals surface area contributed by atoms with E-state index >= 15 is 0 Å². The predicted octanol–water partition coefficient (Wildman–Crippen LogP) is 3.29. The van der Waals surface area contributed by atoms with Gasteiger partial charge < -0.3 is 15.5 Å². The molecule has 0 saturated heterocycles. The molecule has 1 amide bonds. The van der Waals surface area contributed by atoms with Gasteiger partial charge in [0.25, 0.3) is 11.1 Å². The number of quaternary nitrogens is 1. The molecule has 4 N–H and O–H groups in total. The molecule has 0 spiro atoms. The third-order valence-corrected chi connectivity index (χ3v) is 5.19. The molecule has 0 fully saturated rings. The summed E-state index contributed by atoms with van der Waals surface area (Å²) in [7, 11) is 0. The molecule has 27 heavy (non-hydrogen) atoms. The van der Waals surface area contributed by atoms with Crippen molar-refractivity contribution in [3.8, 4) is 0 Å². The normalized spacial score (nSPS) is 12.0. The Morgan fingerprint density at radius 1 is 1.22 bits per heavy atom. The minimum Gasteiger partial charge on any atom is -0.410 e. The third kappa shape index (κ3) is 5.32. The van der Waals surface area contributed by atoms with E-state index in [2.05, 4.69) is 21.2 Å². The van der Waals surface area contributed by atoms with E-state index in [4.69, 9.17) is 16.0 Å². The van der Waals surface area contributed by atoms with E-state index in [-0.39, 0.29) is 17.7 Å². The first kappa shape index (κ1) is 19.4. The molecule has 2 aromatic carbocycles. The summed E-state index contributed by atoms with van der Waals surface area (Å²) < 4.78 is 5.64. The largest absolute Gasteiger partial charge is 0.410 e. The van der Waals surface area contributed by atoms with Crippen LogP contribution in [-0.2, 0) is 11.2 Å². The molecule has 0 aliphatic carbocycles. The highest BCUT2D eigenvalue weighted by Gasteiger charge is 2.19. The van der Waals surface area contributed by atoms with Gasteiger partial charge in [-0.05, 0) is 30.2 Å². The number of carbonyl (C=O) groups is 1. The Hall–Kier alpha value is -2.35. The minimum absolute atomic E-state index is 0.141. The molecule has 0 bridgehead atoms. The van der Waals surface area contributed by atoms with E-state index in [1.807, 2.05) is 43.3 Å². The van der Waals surface area contributed by atoms with Crippen LogP contribution in [0.5, 0.6) is 0 Å². The van der Waals surface area contributed by atoms with Gasteiger partial charge in [-0.1, -0.05) is 59.8 Å². The van der Waals surface area contributed by atoms with Gasteiger partial charge in [-0.2, -0.15) is 0 Å². The van der Waals surface area contributed by atoms with E-state index in [0.717, 1.165) is 11.1 Å². The fourth-order valence-corrected chi connectivity index (χ4v) is 3.23. The molecule has 8 heteroatoms. The first-order chi connectivity index (χ1) is 13.0. The van der Waals surface area contributed by atoms with Gasteiger partial charge in [0.1, 0.15) is 0 Å². The number of carbonyl (C=O) groups excluding carboxylic acids is 1. The lowest BCUT2D eigenvalue weighted by Gasteiger charge is -2.08. The molecule has 0 unspecified atom stereocenters. The van der Waals surface area contributed by atoms with Crippen molar-refractivity contribution in [3.63, 3.8) is 0 Å². The number of rotatable bonds is 7. The van der Waals surface area contributed by atoms with Crippen LogP contribution < -0.4 is 11.1 Å². The Bertz CT molecular complexity index is 917. The first-order valence-electron chi connectivity index (χ1n) is 8.41. The molecule has 0 aliphatic heterocycles. The number of nitrogens with one attached hydrogen (secondary N) is 1. The molecule has 140 valence electrons. The van der Waals surface area contributed by atoms with Gasteiger partial charge in [-0.15, -0.1) is 10.2 Å². The van der Waals surface area contributed by atoms with Crippen LogP contribution in [0.25, 0.3) is 0 Å². The number of halogens is 1. The average molecular weight is 404 g/mol. The first-order valence-corrected chi connectivity index (χ1v) is 9.77. The van der Waals surface area contributed by atoms with Gasteiger partial charge in [0.2, 0.25) is 5.91 Å². The second-order valence-electron chi connectivity index (χ2n) is 6.04. The van der Waals surface area contributed by atoms with E-state index in [1.165, 1.54) is 11.8 Å². The van der Waals surface area contributed by atoms with Crippen LogP contribution in [0.3, 0.4) is 0 Å². The molecule has 6 nitrogen and oxygen atoms in total. The van der Waals surface area contributed by atoms with Crippen LogP contribution in [0.15, 0.2) is 58.2 Å². The standard InChI is InChI=1S/C19H19ClN4O2S/c1-12-14(20)8-5-9-16(12)22-17(25)11-27-19-24-23-18(26-19)15(21)10-13-6-3-2-4-7-13/h2-9,15H,10-11,21H2,1H3,(H,22,25)/p+1/t15-/m0/s1. The molecule has 1 aromatic heterocycles. The summed E-state index contributed by atoms with van der Waals surface area (Å²) >= 11 is 7.25. The summed E-state index contributed by atoms with van der Waals surface area (Å²) in [6.45, 7) is 1.86. The molecule has 3 rings (SSSR count). The molecule has 1 atom stereocenters. The number of hydrogen-bond acceptors (Lipinski definition) is 5. The van der Waals surface area contributed by atoms with Gasteiger partial charge in [0.05, 0.1) is 5.75 Å². The van der Waals surface area contributed by atoms with Crippen LogP contribution >= 0.6 is 23.4 Å². The summed E-state index contributed by atoms with van der Waals surface area (Å²) in [5.41, 5.74) is 6.77. The van der Waals surface area contributed by atoms with Crippen molar-refractivity contribution in [3.05, 3.63) is 70.6 Å². The Kier molecular flexibility index (Phi) is 6.49. The molecule has 1 heterocycles. The Morgan fingerprint density at radius 3 is 2.78 bits per heavy atom. The number of thioether (sulfide) groups is 1. The molecule has 0 saturated carbocycles. The van der Waals surface area contributed by atoms with Crippen LogP contribution in [0.4, 0.5) is 5.69 Å². The van der Waals surface area contributed by atoms with Gasteiger partial charge in [0, 0.05) is 17.1 Å². The summed E-state index contributed by atoms with van der Waals surface area (Å²) in [5.74, 6) is 0.460. The average Bonchev–Trinajstić information content (AvgIpc) is 3.14. The van der Waals surface area contributed by atoms with Gasteiger partial charge in [-0.3, -0.25) is 4.79 Å². The van der Waals surface area contributed by atoms with Crippen LogP contribution in [0.2, 0.25) is 5.02 Å². The van der Waals surface area contributed by atoms with Crippen molar-refractivity contribution in [2.75, 3.05) is 11.1 Å². The quantitative estimate of drug-likeness (QED) is 0.590. The zero-order chi connectivity index (χ0) is 19.2. The lowest BCUT2D eigenvalue weighted by molar-refractivity contribution is -0.431. The lowest BCUT2D eigenvalue weighted by Crippen LogP contribution is -2.54. The smallest absolute Gasteiger partial charge is 0.277 e. The predicted molar refractivity (Wildman–Crippen MR) is 106 cm³/mol. The monoisotopic (exact) mass is 403 g/mol. The van der Waals surface area contributed by atoms with Crippen molar-refractivity contribution >= 4 is 35.0 Å². The Labute approximate surface area is 166 Å². The van der Waals surface area contributed by atoms with Gasteiger partial charge in [-0.25, -0.2) is 0 Å². The van der Waals surface area contributed by atoms with E-state index < -0.39 is 0 Å². The maximum absolute atomic E-state index is 12.2. The highest BCUT2D eigenvalue weighted by Crippen LogP contribution is 2.24. The topological polar surface area (TPSA) is 95.7 Å². The zero-order valence-electron chi connectivity index (χ0n) is 14.8. The number of hydrogen-bond donors (Lipinski definition) is 2. The molecular weight excluding hydrogens is 384 g/mol. The number of amides is 1. The van der Waals surface area contributed by atoms with Crippen LogP contribution in [0, 0.1) is 6.92 Å². The minimum atomic E-state index is -0.166. The Balaban J connectivity index is 1.53. The van der Waals surface area contributed by atoms with Crippen molar-refractivity contribution < 1.29 is 14.9 Å². The van der Waals surface area contributed by atoms with Crippen molar-refractivity contribution in [1.82, 2.24) is 10.2 Å². The molecule has 3 aromatic rings. The second-order valence-corrected chi connectivity index (χ2v) is 7.38. The molecular formula is C19H20ClN4O2S+. The van der Waals surface area contributed by atoms with Crippen molar-refractivity contribution in [2.45, 2.75) is 24.6 Å². The van der Waals surface area contributed by atoms with Crippen LogP contribution in [-0.4, -0.2) is 21.9 Å². The SMILES string of the molecule is Cc1c(Cl)cccc1NC(=O)CSc1nnc([C@@H]([NH3+])Cc2ccccc2)o1. The highest BCUT2D eigenvalue weighted by molar-refractivity contribution is 7.99. The van der Waals surface area contributed by atoms with Crippen molar-refractivity contribution in [2.24, 2.45) is 0 Å². The summed E-state index contributed by atoms with van der Waals surface area (Å²) in [6, 6.07) is 15.3. The molecule has 0 radical (unpaired) electrons. The van der Waals surface area contributed by atoms with Gasteiger partial charge in [0.15, 0.2) is 6.04 Å². The van der Waals surface area contributed by atoms with Crippen molar-refractivity contribution in [1.29, 1.82) is 0 Å². The third-order valence-electron chi connectivity index (χ3n) is 3.96. The number of anilines is 1. The fourth-order valence-electron chi connectivity index (χ4n) is 2.49. The number of nitrogens with zero attached hydrogens (tertiary/aromatic N) is 2. The summed E-state index contributed by atoms with van der Waals surface area (Å²) in [6.07, 6.45) is 0.710. The van der Waals surface area contributed by atoms with Gasteiger partial charge >= 0.3 is 0 Å². The highest BCUT2D eigenvalue weighted by atomic mass is 35.5.